The van der Waals surface area contributed by atoms with Crippen molar-refractivity contribution in [2.24, 2.45) is 0 Å². The molecule has 0 atom stereocenters. The van der Waals surface area contributed by atoms with E-state index < -0.39 is 18.4 Å². The van der Waals surface area contributed by atoms with Crippen molar-refractivity contribution in [1.29, 1.82) is 0 Å². The van der Waals surface area contributed by atoms with E-state index >= 15 is 0 Å². The molecule has 0 fully saturated rings. The van der Waals surface area contributed by atoms with Gasteiger partial charge < -0.3 is 0 Å². The lowest BCUT2D eigenvalue weighted by Crippen LogP contribution is -2.09. The van der Waals surface area contributed by atoms with Crippen LogP contribution in [0.4, 0.5) is 17.6 Å². The van der Waals surface area contributed by atoms with Gasteiger partial charge in [-0.25, -0.2) is 14.4 Å². The molecule has 0 unspecified atom stereocenters. The molecular weight excluding hydrogens is 260 g/mol. The van der Waals surface area contributed by atoms with Crippen molar-refractivity contribution < 1.29 is 17.6 Å². The minimum absolute atomic E-state index is 0.214. The zero-order chi connectivity index (χ0) is 13.9. The van der Waals surface area contributed by atoms with Gasteiger partial charge in [-0.2, -0.15) is 13.2 Å². The Morgan fingerprint density at radius 3 is 2.58 bits per heavy atom. The van der Waals surface area contributed by atoms with Crippen LogP contribution >= 0.6 is 0 Å². The Kier molecular flexibility index (Phi) is 3.78. The standard InChI is InChI=1S/C13H10F4N2/c14-10-3-1-2-9(8-10)12-18-7-5-11(19-12)4-6-13(15,16)17/h1-3,5,7-8H,4,6H2. The van der Waals surface area contributed by atoms with Gasteiger partial charge in [0.05, 0.1) is 0 Å². The molecule has 0 aliphatic rings. The first-order valence-electron chi connectivity index (χ1n) is 5.59. The van der Waals surface area contributed by atoms with Crippen molar-refractivity contribution in [2.45, 2.75) is 19.0 Å². The quantitative estimate of drug-likeness (QED) is 0.793. The summed E-state index contributed by atoms with van der Waals surface area (Å²) in [5, 5.41) is 0. The summed E-state index contributed by atoms with van der Waals surface area (Å²) >= 11 is 0. The predicted octanol–water partition coefficient (Wildman–Crippen LogP) is 3.78. The monoisotopic (exact) mass is 270 g/mol. The number of alkyl halides is 3. The van der Waals surface area contributed by atoms with E-state index in [1.807, 2.05) is 0 Å². The maximum absolute atomic E-state index is 13.1. The van der Waals surface area contributed by atoms with E-state index in [-0.39, 0.29) is 17.9 Å². The Labute approximate surface area is 107 Å². The second-order valence-corrected chi connectivity index (χ2v) is 4.00. The first kappa shape index (κ1) is 13.5. The molecule has 100 valence electrons. The molecule has 0 amide bonds. The smallest absolute Gasteiger partial charge is 0.237 e. The number of hydrogen-bond donors (Lipinski definition) is 0. The fraction of sp³-hybridized carbons (Fsp3) is 0.231. The Morgan fingerprint density at radius 2 is 1.89 bits per heavy atom. The normalized spacial score (nSPS) is 11.6. The number of benzene rings is 1. The molecule has 6 heteroatoms. The van der Waals surface area contributed by atoms with Crippen LogP contribution in [0, 0.1) is 5.82 Å². The van der Waals surface area contributed by atoms with Gasteiger partial charge in [0.1, 0.15) is 5.82 Å². The lowest BCUT2D eigenvalue weighted by atomic mass is 10.2. The van der Waals surface area contributed by atoms with Crippen LogP contribution in [0.2, 0.25) is 0 Å². The van der Waals surface area contributed by atoms with Crippen molar-refractivity contribution in [3.63, 3.8) is 0 Å². The third-order valence-corrected chi connectivity index (χ3v) is 2.46. The Hall–Kier alpha value is -1.98. The fourth-order valence-corrected chi connectivity index (χ4v) is 1.57. The summed E-state index contributed by atoms with van der Waals surface area (Å²) in [6.07, 6.45) is -4.00. The van der Waals surface area contributed by atoms with Crippen LogP contribution in [0.25, 0.3) is 11.4 Å². The summed E-state index contributed by atoms with van der Waals surface area (Å²) in [7, 11) is 0. The number of halogens is 4. The summed E-state index contributed by atoms with van der Waals surface area (Å²) in [5.74, 6) is -0.221. The second kappa shape index (κ2) is 5.34. The van der Waals surface area contributed by atoms with Crippen LogP contribution in [0.3, 0.4) is 0 Å². The summed E-state index contributed by atoms with van der Waals surface area (Å²) < 4.78 is 49.4. The van der Waals surface area contributed by atoms with Gasteiger partial charge in [0, 0.05) is 23.9 Å². The highest BCUT2D eigenvalue weighted by molar-refractivity contribution is 5.54. The maximum atomic E-state index is 13.1. The van der Waals surface area contributed by atoms with E-state index in [9.17, 15) is 17.6 Å². The van der Waals surface area contributed by atoms with Gasteiger partial charge in [0.2, 0.25) is 0 Å². The Bertz CT molecular complexity index is 567. The summed E-state index contributed by atoms with van der Waals surface area (Å²) in [5.41, 5.74) is 0.723. The van der Waals surface area contributed by atoms with Crippen LogP contribution in [0.1, 0.15) is 12.1 Å². The third-order valence-electron chi connectivity index (χ3n) is 2.46. The maximum Gasteiger partial charge on any atom is 0.389 e. The van der Waals surface area contributed by atoms with Gasteiger partial charge in [-0.15, -0.1) is 0 Å². The molecule has 1 aromatic heterocycles. The van der Waals surface area contributed by atoms with E-state index in [1.54, 1.807) is 6.07 Å². The van der Waals surface area contributed by atoms with Crippen molar-refractivity contribution >= 4 is 0 Å². The average Bonchev–Trinajstić information content (AvgIpc) is 2.36. The Morgan fingerprint density at radius 1 is 1.11 bits per heavy atom. The zero-order valence-corrected chi connectivity index (χ0v) is 9.78. The van der Waals surface area contributed by atoms with Crippen molar-refractivity contribution in [3.05, 3.63) is 48.0 Å². The molecule has 0 radical (unpaired) electrons. The van der Waals surface area contributed by atoms with Gasteiger partial charge in [0.15, 0.2) is 5.82 Å². The van der Waals surface area contributed by atoms with Gasteiger partial charge in [-0.1, -0.05) is 12.1 Å². The molecule has 0 saturated heterocycles. The Balaban J connectivity index is 2.20. The highest BCUT2D eigenvalue weighted by Crippen LogP contribution is 2.22. The van der Waals surface area contributed by atoms with Gasteiger partial charge in [-0.3, -0.25) is 0 Å². The zero-order valence-electron chi connectivity index (χ0n) is 9.78. The van der Waals surface area contributed by atoms with Gasteiger partial charge >= 0.3 is 6.18 Å². The molecular formula is C13H10F4N2. The van der Waals surface area contributed by atoms with Crippen LogP contribution in [-0.4, -0.2) is 16.1 Å². The number of aromatic nitrogens is 2. The van der Waals surface area contributed by atoms with Crippen LogP contribution < -0.4 is 0 Å². The van der Waals surface area contributed by atoms with Gasteiger partial charge in [0.25, 0.3) is 0 Å². The number of rotatable bonds is 3. The predicted molar refractivity (Wildman–Crippen MR) is 61.8 cm³/mol. The van der Waals surface area contributed by atoms with E-state index in [1.165, 1.54) is 30.5 Å². The van der Waals surface area contributed by atoms with Crippen molar-refractivity contribution in [2.75, 3.05) is 0 Å². The highest BCUT2D eigenvalue weighted by Gasteiger charge is 2.26. The molecule has 0 bridgehead atoms. The average molecular weight is 270 g/mol. The minimum atomic E-state index is -4.22. The molecule has 2 aromatic rings. The number of hydrogen-bond acceptors (Lipinski definition) is 2. The summed E-state index contributed by atoms with van der Waals surface area (Å²) in [6.45, 7) is 0. The second-order valence-electron chi connectivity index (χ2n) is 4.00. The summed E-state index contributed by atoms with van der Waals surface area (Å²) in [4.78, 5) is 7.95. The fourth-order valence-electron chi connectivity index (χ4n) is 1.57. The number of nitrogens with zero attached hydrogens (tertiary/aromatic N) is 2. The lowest BCUT2D eigenvalue weighted by molar-refractivity contribution is -0.134. The van der Waals surface area contributed by atoms with E-state index in [0.29, 0.717) is 5.56 Å². The molecule has 0 aliphatic heterocycles. The van der Waals surface area contributed by atoms with E-state index in [2.05, 4.69) is 9.97 Å². The molecule has 0 spiro atoms. The van der Waals surface area contributed by atoms with Crippen LogP contribution in [-0.2, 0) is 6.42 Å². The topological polar surface area (TPSA) is 25.8 Å². The molecule has 2 nitrogen and oxygen atoms in total. The van der Waals surface area contributed by atoms with E-state index in [0.717, 1.165) is 0 Å². The number of aryl methyl sites for hydroxylation is 1. The molecule has 0 N–H and O–H groups in total. The minimum Gasteiger partial charge on any atom is -0.237 e. The first-order valence-corrected chi connectivity index (χ1v) is 5.59. The van der Waals surface area contributed by atoms with E-state index in [4.69, 9.17) is 0 Å². The summed E-state index contributed by atoms with van der Waals surface area (Å²) in [6, 6.07) is 7.04. The molecule has 1 heterocycles. The molecule has 0 saturated carbocycles. The third kappa shape index (κ3) is 4.01. The first-order chi connectivity index (χ1) is 8.94. The molecule has 19 heavy (non-hydrogen) atoms. The van der Waals surface area contributed by atoms with Crippen LogP contribution in [0.5, 0.6) is 0 Å². The SMILES string of the molecule is Fc1cccc(-c2nccc(CCC(F)(F)F)n2)c1. The van der Waals surface area contributed by atoms with Gasteiger partial charge in [-0.05, 0) is 24.6 Å². The molecule has 0 aliphatic carbocycles. The molecule has 1 aromatic carbocycles. The van der Waals surface area contributed by atoms with Crippen molar-refractivity contribution in [3.8, 4) is 11.4 Å². The van der Waals surface area contributed by atoms with Crippen molar-refractivity contribution in [1.82, 2.24) is 9.97 Å². The largest absolute Gasteiger partial charge is 0.389 e. The molecule has 2 rings (SSSR count). The lowest BCUT2D eigenvalue weighted by Gasteiger charge is -2.06. The van der Waals surface area contributed by atoms with Crippen LogP contribution in [0.15, 0.2) is 36.5 Å². The highest BCUT2D eigenvalue weighted by atomic mass is 19.4.